The number of methoxy groups -OCH3 is 1. The molecule has 1 saturated heterocycles. The van der Waals surface area contributed by atoms with Gasteiger partial charge >= 0.3 is 0 Å². The van der Waals surface area contributed by atoms with Crippen molar-refractivity contribution in [2.75, 3.05) is 41.9 Å². The van der Waals surface area contributed by atoms with Crippen LogP contribution < -0.4 is 15.0 Å². The van der Waals surface area contributed by atoms with Crippen molar-refractivity contribution in [2.45, 2.75) is 0 Å². The summed E-state index contributed by atoms with van der Waals surface area (Å²) in [5, 5.41) is 6.87. The van der Waals surface area contributed by atoms with Crippen LogP contribution in [-0.4, -0.2) is 57.4 Å². The SMILES string of the molecule is COc1ccc(C(=O)Nc2cnn(-c3ncc(N4CCSCC4)cn3)c2)cc1F. The van der Waals surface area contributed by atoms with Gasteiger partial charge < -0.3 is 15.0 Å². The van der Waals surface area contributed by atoms with Crippen molar-refractivity contribution in [3.05, 3.63) is 54.4 Å². The zero-order valence-electron chi connectivity index (χ0n) is 15.7. The number of aromatic nitrogens is 4. The van der Waals surface area contributed by atoms with Crippen LogP contribution in [0.15, 0.2) is 43.0 Å². The normalized spacial score (nSPS) is 13.9. The van der Waals surface area contributed by atoms with Crippen LogP contribution in [0, 0.1) is 5.82 Å². The lowest BCUT2D eigenvalue weighted by Gasteiger charge is -2.27. The molecule has 1 fully saturated rings. The average Bonchev–Trinajstić information content (AvgIpc) is 3.23. The number of amides is 1. The van der Waals surface area contributed by atoms with E-state index in [9.17, 15) is 9.18 Å². The number of nitrogens with one attached hydrogen (secondary N) is 1. The number of anilines is 2. The molecule has 10 heteroatoms. The molecule has 0 spiro atoms. The largest absolute Gasteiger partial charge is 0.494 e. The summed E-state index contributed by atoms with van der Waals surface area (Å²) in [6, 6.07) is 4.02. The van der Waals surface area contributed by atoms with Gasteiger partial charge in [-0.1, -0.05) is 0 Å². The number of benzene rings is 1. The summed E-state index contributed by atoms with van der Waals surface area (Å²) in [5.74, 6) is 1.63. The predicted molar refractivity (Wildman–Crippen MR) is 110 cm³/mol. The molecule has 0 atom stereocenters. The summed E-state index contributed by atoms with van der Waals surface area (Å²) in [6.45, 7) is 1.97. The molecule has 0 saturated carbocycles. The van der Waals surface area contributed by atoms with Gasteiger partial charge in [0, 0.05) is 30.2 Å². The highest BCUT2D eigenvalue weighted by Gasteiger charge is 2.14. The molecule has 1 N–H and O–H groups in total. The van der Waals surface area contributed by atoms with Gasteiger partial charge in [0.05, 0.1) is 43.3 Å². The molecule has 0 aliphatic carbocycles. The van der Waals surface area contributed by atoms with Gasteiger partial charge in [-0.3, -0.25) is 4.79 Å². The first-order valence-electron chi connectivity index (χ1n) is 8.99. The van der Waals surface area contributed by atoms with Crippen molar-refractivity contribution in [3.8, 4) is 11.7 Å². The van der Waals surface area contributed by atoms with Crippen LogP contribution in [0.3, 0.4) is 0 Å². The first-order chi connectivity index (χ1) is 14.1. The van der Waals surface area contributed by atoms with Crippen LogP contribution >= 0.6 is 11.8 Å². The van der Waals surface area contributed by atoms with Crippen molar-refractivity contribution in [1.82, 2.24) is 19.7 Å². The van der Waals surface area contributed by atoms with Crippen molar-refractivity contribution in [1.29, 1.82) is 0 Å². The van der Waals surface area contributed by atoms with Gasteiger partial charge in [0.15, 0.2) is 11.6 Å². The van der Waals surface area contributed by atoms with Gasteiger partial charge in [0.1, 0.15) is 0 Å². The number of nitrogens with zero attached hydrogens (tertiary/aromatic N) is 5. The minimum absolute atomic E-state index is 0.0817. The third kappa shape index (κ3) is 4.32. The summed E-state index contributed by atoms with van der Waals surface area (Å²) in [5.41, 5.74) is 1.61. The molecule has 1 amide bonds. The van der Waals surface area contributed by atoms with Gasteiger partial charge in [-0.05, 0) is 18.2 Å². The van der Waals surface area contributed by atoms with E-state index in [0.29, 0.717) is 11.6 Å². The van der Waals surface area contributed by atoms with Crippen LogP contribution in [0.25, 0.3) is 5.95 Å². The molecular weight excluding hydrogens is 395 g/mol. The summed E-state index contributed by atoms with van der Waals surface area (Å²) < 4.78 is 20.1. The summed E-state index contributed by atoms with van der Waals surface area (Å²) in [7, 11) is 1.37. The highest BCUT2D eigenvalue weighted by molar-refractivity contribution is 7.99. The predicted octanol–water partition coefficient (Wildman–Crippen LogP) is 2.62. The van der Waals surface area contributed by atoms with Crippen LogP contribution in [0.5, 0.6) is 5.75 Å². The Morgan fingerprint density at radius 3 is 2.66 bits per heavy atom. The van der Waals surface area contributed by atoms with Gasteiger partial charge in [-0.2, -0.15) is 16.9 Å². The summed E-state index contributed by atoms with van der Waals surface area (Å²) >= 11 is 1.94. The third-order valence-corrected chi connectivity index (χ3v) is 5.40. The molecular formula is C19H19FN6O2S. The molecule has 8 nitrogen and oxygen atoms in total. The lowest BCUT2D eigenvalue weighted by Crippen LogP contribution is -2.32. The Morgan fingerprint density at radius 1 is 1.21 bits per heavy atom. The molecule has 1 aliphatic heterocycles. The van der Waals surface area contributed by atoms with E-state index in [2.05, 4.69) is 25.3 Å². The maximum atomic E-state index is 13.8. The molecule has 29 heavy (non-hydrogen) atoms. The monoisotopic (exact) mass is 414 g/mol. The Kier molecular flexibility index (Phi) is 5.61. The van der Waals surface area contributed by atoms with Crippen molar-refractivity contribution in [2.24, 2.45) is 0 Å². The fourth-order valence-electron chi connectivity index (χ4n) is 2.93. The highest BCUT2D eigenvalue weighted by atomic mass is 32.2. The van der Waals surface area contributed by atoms with E-state index in [1.807, 2.05) is 11.8 Å². The maximum Gasteiger partial charge on any atom is 0.255 e. The van der Waals surface area contributed by atoms with Crippen molar-refractivity contribution in [3.63, 3.8) is 0 Å². The second-order valence-corrected chi connectivity index (χ2v) is 7.54. The lowest BCUT2D eigenvalue weighted by molar-refractivity contribution is 0.102. The van der Waals surface area contributed by atoms with Gasteiger partial charge in [-0.25, -0.2) is 19.0 Å². The first kappa shape index (κ1) is 19.2. The van der Waals surface area contributed by atoms with Gasteiger partial charge in [0.2, 0.25) is 0 Å². The topological polar surface area (TPSA) is 85.2 Å². The number of ether oxygens (including phenoxy) is 1. The van der Waals surface area contributed by atoms with Crippen LogP contribution in [0.1, 0.15) is 10.4 Å². The number of halogens is 1. The summed E-state index contributed by atoms with van der Waals surface area (Å²) in [4.78, 5) is 23.3. The third-order valence-electron chi connectivity index (χ3n) is 4.46. The van der Waals surface area contributed by atoms with Crippen LogP contribution in [0.2, 0.25) is 0 Å². The standard InChI is InChI=1S/C19H19FN6O2S/c1-28-17-3-2-13(8-16(17)20)18(27)24-14-9-23-26(12-14)19-21-10-15(11-22-19)25-4-6-29-7-5-25/h2-3,8-12H,4-7H2,1H3,(H,24,27). The quantitative estimate of drug-likeness (QED) is 0.687. The second-order valence-electron chi connectivity index (χ2n) is 6.32. The van der Waals surface area contributed by atoms with E-state index in [1.54, 1.807) is 18.6 Å². The Labute approximate surface area is 171 Å². The maximum absolute atomic E-state index is 13.8. The van der Waals surface area contributed by atoms with E-state index < -0.39 is 11.7 Å². The molecule has 3 heterocycles. The van der Waals surface area contributed by atoms with Gasteiger partial charge in [-0.15, -0.1) is 0 Å². The van der Waals surface area contributed by atoms with E-state index in [4.69, 9.17) is 4.74 Å². The Bertz CT molecular complexity index is 1000. The van der Waals surface area contributed by atoms with Crippen molar-refractivity contribution < 1.29 is 13.9 Å². The number of carbonyl (C=O) groups is 1. The number of rotatable bonds is 5. The molecule has 0 radical (unpaired) electrons. The lowest BCUT2D eigenvalue weighted by atomic mass is 10.2. The Balaban J connectivity index is 1.44. The minimum atomic E-state index is -0.600. The van der Waals surface area contributed by atoms with Crippen LogP contribution in [-0.2, 0) is 0 Å². The first-order valence-corrected chi connectivity index (χ1v) is 10.1. The van der Waals surface area contributed by atoms with E-state index >= 15 is 0 Å². The van der Waals surface area contributed by atoms with Crippen LogP contribution in [0.4, 0.5) is 15.8 Å². The second kappa shape index (κ2) is 8.48. The molecule has 1 aliphatic rings. The Hall–Kier alpha value is -3.14. The number of hydrogen-bond acceptors (Lipinski definition) is 7. The molecule has 0 unspecified atom stereocenters. The highest BCUT2D eigenvalue weighted by Crippen LogP contribution is 2.20. The number of hydrogen-bond donors (Lipinski definition) is 1. The zero-order valence-corrected chi connectivity index (χ0v) is 16.5. The molecule has 1 aromatic carbocycles. The van der Waals surface area contributed by atoms with E-state index in [-0.39, 0.29) is 11.3 Å². The van der Waals surface area contributed by atoms with E-state index in [0.717, 1.165) is 36.3 Å². The Morgan fingerprint density at radius 2 is 1.97 bits per heavy atom. The molecule has 150 valence electrons. The fraction of sp³-hybridized carbons (Fsp3) is 0.263. The summed E-state index contributed by atoms with van der Waals surface area (Å²) in [6.07, 6.45) is 6.64. The smallest absolute Gasteiger partial charge is 0.255 e. The molecule has 3 aromatic rings. The number of thioether (sulfide) groups is 1. The number of carbonyl (C=O) groups excluding carboxylic acids is 1. The van der Waals surface area contributed by atoms with Gasteiger partial charge in [0.25, 0.3) is 11.9 Å². The van der Waals surface area contributed by atoms with E-state index in [1.165, 1.54) is 30.1 Å². The zero-order chi connectivity index (χ0) is 20.2. The fourth-order valence-corrected chi connectivity index (χ4v) is 3.83. The average molecular weight is 414 g/mol. The molecule has 0 bridgehead atoms. The molecule has 2 aromatic heterocycles. The minimum Gasteiger partial charge on any atom is -0.494 e. The van der Waals surface area contributed by atoms with Crippen molar-refractivity contribution >= 4 is 29.0 Å². The molecule has 4 rings (SSSR count).